The van der Waals surface area contributed by atoms with Gasteiger partial charge in [-0.05, 0) is 64.2 Å². The molecule has 338 valence electrons. The molecule has 0 N–H and O–H groups in total. The number of carbonyl (C=O) groups is 3. The monoisotopic (exact) mass is 818 g/mol. The molecule has 0 heterocycles. The van der Waals surface area contributed by atoms with E-state index in [0.29, 0.717) is 6.42 Å². The summed E-state index contributed by atoms with van der Waals surface area (Å²) >= 11 is 0. The number of likely N-dealkylation sites (N-methyl/N-ethyl adjacent to an activating group) is 1. The first-order valence-electron chi connectivity index (χ1n) is 24.0. The number of aliphatic carboxylic acids is 1. The van der Waals surface area contributed by atoms with Crippen molar-refractivity contribution in [1.82, 2.24) is 0 Å². The molecular formula is C50H91NO7. The van der Waals surface area contributed by atoms with Gasteiger partial charge in [-0.3, -0.25) is 9.59 Å². The Kier molecular flexibility index (Phi) is 39.5. The highest BCUT2D eigenvalue weighted by atomic mass is 16.6. The van der Waals surface area contributed by atoms with E-state index in [9.17, 15) is 19.5 Å². The van der Waals surface area contributed by atoms with Gasteiger partial charge in [-0.15, -0.1) is 0 Å². The van der Waals surface area contributed by atoms with Crippen LogP contribution in [0.15, 0.2) is 36.5 Å². The van der Waals surface area contributed by atoms with Gasteiger partial charge in [0.15, 0.2) is 6.10 Å². The van der Waals surface area contributed by atoms with E-state index in [1.54, 1.807) is 21.1 Å². The Morgan fingerprint density at radius 1 is 0.517 bits per heavy atom. The van der Waals surface area contributed by atoms with Gasteiger partial charge < -0.3 is 28.6 Å². The number of carboxylic acids is 1. The van der Waals surface area contributed by atoms with Gasteiger partial charge in [0.2, 0.25) is 0 Å². The lowest BCUT2D eigenvalue weighted by molar-refractivity contribution is -0.889. The summed E-state index contributed by atoms with van der Waals surface area (Å²) < 4.78 is 17.2. The Balaban J connectivity index is 4.34. The third kappa shape index (κ3) is 39.0. The second-order valence-electron chi connectivity index (χ2n) is 17.4. The molecule has 0 radical (unpaired) electrons. The molecule has 0 saturated carbocycles. The van der Waals surface area contributed by atoms with Crippen molar-refractivity contribution in [2.75, 3.05) is 41.0 Å². The van der Waals surface area contributed by atoms with Crippen LogP contribution in [0.4, 0.5) is 0 Å². The van der Waals surface area contributed by atoms with Crippen LogP contribution in [0.3, 0.4) is 0 Å². The third-order valence-electron chi connectivity index (χ3n) is 10.8. The van der Waals surface area contributed by atoms with Crippen molar-refractivity contribution < 1.29 is 38.2 Å². The normalized spacial score (nSPS) is 13.2. The Morgan fingerprint density at radius 3 is 1.36 bits per heavy atom. The van der Waals surface area contributed by atoms with Crippen molar-refractivity contribution in [3.63, 3.8) is 0 Å². The van der Waals surface area contributed by atoms with E-state index >= 15 is 0 Å². The van der Waals surface area contributed by atoms with Crippen LogP contribution in [0.5, 0.6) is 0 Å². The van der Waals surface area contributed by atoms with Crippen LogP contribution in [0, 0.1) is 0 Å². The minimum Gasteiger partial charge on any atom is -0.544 e. The topological polar surface area (TPSA) is 102 Å². The highest BCUT2D eigenvalue weighted by Crippen LogP contribution is 2.14. The van der Waals surface area contributed by atoms with Crippen LogP contribution >= 0.6 is 0 Å². The van der Waals surface area contributed by atoms with E-state index in [4.69, 9.17) is 14.2 Å². The van der Waals surface area contributed by atoms with Crippen molar-refractivity contribution in [1.29, 1.82) is 0 Å². The predicted octanol–water partition coefficient (Wildman–Crippen LogP) is 12.1. The van der Waals surface area contributed by atoms with Crippen LogP contribution in [-0.4, -0.2) is 75.5 Å². The molecular weight excluding hydrogens is 727 g/mol. The highest BCUT2D eigenvalue weighted by Gasteiger charge is 2.25. The van der Waals surface area contributed by atoms with E-state index in [-0.39, 0.29) is 49.1 Å². The number of carboxylic acid groups (broad SMARTS) is 1. The zero-order valence-electron chi connectivity index (χ0n) is 38.5. The molecule has 2 unspecified atom stereocenters. The number of rotatable bonds is 43. The summed E-state index contributed by atoms with van der Waals surface area (Å²) in [6.45, 7) is 4.63. The number of hydrogen-bond acceptors (Lipinski definition) is 7. The lowest BCUT2D eigenvalue weighted by atomic mass is 10.1. The van der Waals surface area contributed by atoms with Crippen molar-refractivity contribution in [2.45, 2.75) is 225 Å². The fourth-order valence-electron chi connectivity index (χ4n) is 7.00. The summed E-state index contributed by atoms with van der Waals surface area (Å²) in [6.07, 6.45) is 47.4. The molecule has 8 heteroatoms. The first-order chi connectivity index (χ1) is 28.1. The van der Waals surface area contributed by atoms with Gasteiger partial charge in [0.1, 0.15) is 12.6 Å². The minimum absolute atomic E-state index is 0.0286. The lowest BCUT2D eigenvalue weighted by Gasteiger charge is -2.34. The van der Waals surface area contributed by atoms with Crippen LogP contribution in [0.1, 0.15) is 213 Å². The molecule has 0 aliphatic heterocycles. The smallest absolute Gasteiger partial charge is 0.306 e. The van der Waals surface area contributed by atoms with Gasteiger partial charge in [0, 0.05) is 19.3 Å². The molecule has 0 spiro atoms. The van der Waals surface area contributed by atoms with Crippen LogP contribution in [-0.2, 0) is 28.6 Å². The fraction of sp³-hybridized carbons (Fsp3) is 0.820. The van der Waals surface area contributed by atoms with Gasteiger partial charge in [0.25, 0.3) is 0 Å². The van der Waals surface area contributed by atoms with Crippen molar-refractivity contribution in [2.24, 2.45) is 0 Å². The summed E-state index contributed by atoms with van der Waals surface area (Å²) in [6, 6.07) is -0.731. The number of ether oxygens (including phenoxy) is 3. The number of quaternary nitrogens is 1. The zero-order chi connectivity index (χ0) is 42.8. The SMILES string of the molecule is CCCCCCCCC/C=C/C=C/CCCCCC(=O)OC(COCCC(C(=O)[O-])[N+](C)(C)C)COC(=O)CCCCCCC/C=C/CCCCCCCCCCC. The summed E-state index contributed by atoms with van der Waals surface area (Å²) in [4.78, 5) is 36.9. The molecule has 8 nitrogen and oxygen atoms in total. The molecule has 0 aromatic rings. The van der Waals surface area contributed by atoms with Crippen LogP contribution in [0.25, 0.3) is 0 Å². The maximum atomic E-state index is 12.7. The summed E-state index contributed by atoms with van der Waals surface area (Å²) in [5.41, 5.74) is 0. The summed E-state index contributed by atoms with van der Waals surface area (Å²) in [7, 11) is 5.40. The quantitative estimate of drug-likeness (QED) is 0.0198. The van der Waals surface area contributed by atoms with E-state index in [2.05, 4.69) is 50.3 Å². The van der Waals surface area contributed by atoms with E-state index in [1.807, 2.05) is 0 Å². The number of carbonyl (C=O) groups excluding carboxylic acids is 3. The van der Waals surface area contributed by atoms with Crippen molar-refractivity contribution >= 4 is 17.9 Å². The zero-order valence-corrected chi connectivity index (χ0v) is 38.5. The van der Waals surface area contributed by atoms with Gasteiger partial charge >= 0.3 is 11.9 Å². The molecule has 0 aliphatic carbocycles. The number of nitrogens with zero attached hydrogens (tertiary/aromatic N) is 1. The fourth-order valence-corrected chi connectivity index (χ4v) is 7.00. The minimum atomic E-state index is -1.13. The van der Waals surface area contributed by atoms with Gasteiger partial charge in [0.05, 0.1) is 40.3 Å². The molecule has 0 aromatic carbocycles. The number of unbranched alkanes of at least 4 members (excludes halogenated alkanes) is 24. The summed E-state index contributed by atoms with van der Waals surface area (Å²) in [5, 5.41) is 11.6. The standard InChI is InChI=1S/C50H91NO7/c1-6-8-10-12-14-16-18-20-22-24-25-27-28-30-32-34-36-38-40-48(52)57-45-46(44-56-43-42-47(50(54)55)51(3,4)5)58-49(53)41-39-37-35-33-31-29-26-23-21-19-17-15-13-11-9-7-2/h23,25-27,29,31,46-47H,6-22,24,28,30,32-45H2,1-5H3/b26-23+,27-25+,31-29+. The van der Waals surface area contributed by atoms with E-state index < -0.39 is 18.1 Å². The molecule has 0 bridgehead atoms. The average molecular weight is 818 g/mol. The lowest BCUT2D eigenvalue weighted by Crippen LogP contribution is -2.55. The number of hydrogen-bond donors (Lipinski definition) is 0. The number of allylic oxidation sites excluding steroid dienone is 6. The Hall–Kier alpha value is -2.45. The first-order valence-corrected chi connectivity index (χ1v) is 24.0. The van der Waals surface area contributed by atoms with Gasteiger partial charge in [-0.2, -0.15) is 0 Å². The predicted molar refractivity (Wildman–Crippen MR) is 240 cm³/mol. The molecule has 0 saturated heterocycles. The Morgan fingerprint density at radius 2 is 0.914 bits per heavy atom. The molecule has 58 heavy (non-hydrogen) atoms. The average Bonchev–Trinajstić information content (AvgIpc) is 3.18. The second-order valence-corrected chi connectivity index (χ2v) is 17.4. The molecule has 0 aromatic heterocycles. The maximum absolute atomic E-state index is 12.7. The maximum Gasteiger partial charge on any atom is 0.306 e. The Bertz CT molecular complexity index is 1050. The molecule has 0 aliphatic rings. The molecule has 2 atom stereocenters. The molecule has 0 fully saturated rings. The van der Waals surface area contributed by atoms with Gasteiger partial charge in [-0.25, -0.2) is 0 Å². The largest absolute Gasteiger partial charge is 0.544 e. The number of esters is 2. The van der Waals surface area contributed by atoms with E-state index in [0.717, 1.165) is 64.2 Å². The molecule has 0 amide bonds. The van der Waals surface area contributed by atoms with Crippen LogP contribution in [0.2, 0.25) is 0 Å². The summed E-state index contributed by atoms with van der Waals surface area (Å²) in [5.74, 6) is -1.77. The highest BCUT2D eigenvalue weighted by molar-refractivity contribution is 5.70. The van der Waals surface area contributed by atoms with Crippen molar-refractivity contribution in [3.05, 3.63) is 36.5 Å². The second kappa shape index (κ2) is 41.3. The van der Waals surface area contributed by atoms with Crippen molar-refractivity contribution in [3.8, 4) is 0 Å². The molecule has 0 rings (SSSR count). The van der Waals surface area contributed by atoms with E-state index in [1.165, 1.54) is 116 Å². The first kappa shape index (κ1) is 55.5. The van der Waals surface area contributed by atoms with Gasteiger partial charge in [-0.1, -0.05) is 166 Å². The Labute approximate surface area is 357 Å². The van der Waals surface area contributed by atoms with Crippen LogP contribution < -0.4 is 5.11 Å². The third-order valence-corrected chi connectivity index (χ3v) is 10.8.